The van der Waals surface area contributed by atoms with E-state index in [1.54, 1.807) is 0 Å². The number of nitrogens with zero attached hydrogens (tertiary/aromatic N) is 4. The molecule has 1 N–H and O–H groups in total. The Labute approximate surface area is 195 Å². The number of nitrogens with one attached hydrogen (secondary N) is 1. The minimum absolute atomic E-state index is 0.0320. The van der Waals surface area contributed by atoms with E-state index in [0.29, 0.717) is 18.3 Å². The average molecular weight is 448 g/mol. The van der Waals surface area contributed by atoms with Crippen LogP contribution in [0.2, 0.25) is 0 Å². The molecule has 1 aliphatic heterocycles. The molecule has 0 radical (unpaired) electrons. The van der Waals surface area contributed by atoms with Crippen molar-refractivity contribution < 1.29 is 9.32 Å². The molecule has 7 heteroatoms. The predicted molar refractivity (Wildman–Crippen MR) is 129 cm³/mol. The van der Waals surface area contributed by atoms with Crippen LogP contribution in [0.25, 0.3) is 11.4 Å². The molecule has 174 valence electrons. The normalized spacial score (nSPS) is 17.0. The highest BCUT2D eigenvalue weighted by Crippen LogP contribution is 2.24. The van der Waals surface area contributed by atoms with Gasteiger partial charge in [0.1, 0.15) is 0 Å². The van der Waals surface area contributed by atoms with Crippen LogP contribution in [0.5, 0.6) is 0 Å². The number of hydrogen-bond donors (Lipinski definition) is 1. The van der Waals surface area contributed by atoms with Crippen molar-refractivity contribution in [1.29, 1.82) is 0 Å². The zero-order chi connectivity index (χ0) is 23.4. The maximum absolute atomic E-state index is 12.7. The summed E-state index contributed by atoms with van der Waals surface area (Å²) in [5.41, 5.74) is 4.49. The molecule has 0 saturated carbocycles. The first-order valence-corrected chi connectivity index (χ1v) is 11.6. The lowest BCUT2D eigenvalue weighted by Crippen LogP contribution is -2.54. The minimum Gasteiger partial charge on any atom is -0.351 e. The molecule has 3 aromatic rings. The van der Waals surface area contributed by atoms with E-state index >= 15 is 0 Å². The summed E-state index contributed by atoms with van der Waals surface area (Å²) < 4.78 is 5.58. The van der Waals surface area contributed by atoms with Crippen molar-refractivity contribution >= 4 is 5.91 Å². The van der Waals surface area contributed by atoms with E-state index < -0.39 is 0 Å². The molecule has 0 aliphatic carbocycles. The second-order valence-corrected chi connectivity index (χ2v) is 8.95. The third-order valence-electron chi connectivity index (χ3n) is 6.52. The molecule has 2 unspecified atom stereocenters. The van der Waals surface area contributed by atoms with Crippen LogP contribution in [0.1, 0.15) is 42.5 Å². The van der Waals surface area contributed by atoms with Gasteiger partial charge in [-0.15, -0.1) is 0 Å². The van der Waals surface area contributed by atoms with Gasteiger partial charge in [0.15, 0.2) is 0 Å². The highest BCUT2D eigenvalue weighted by atomic mass is 16.5. The van der Waals surface area contributed by atoms with Crippen LogP contribution in [-0.4, -0.2) is 58.1 Å². The Hall–Kier alpha value is -3.03. The summed E-state index contributed by atoms with van der Waals surface area (Å²) >= 11 is 0. The molecular weight excluding hydrogens is 414 g/mol. The summed E-state index contributed by atoms with van der Waals surface area (Å²) in [6.45, 7) is 12.1. The van der Waals surface area contributed by atoms with Crippen molar-refractivity contribution in [3.05, 3.63) is 71.1 Å². The summed E-state index contributed by atoms with van der Waals surface area (Å²) in [5.74, 6) is 1.31. The highest BCUT2D eigenvalue weighted by molar-refractivity contribution is 5.81. The third-order valence-corrected chi connectivity index (χ3v) is 6.52. The lowest BCUT2D eigenvalue weighted by atomic mass is 10.1. The van der Waals surface area contributed by atoms with Gasteiger partial charge < -0.3 is 9.84 Å². The van der Waals surface area contributed by atoms with E-state index in [9.17, 15) is 4.79 Å². The summed E-state index contributed by atoms with van der Waals surface area (Å²) in [6, 6.07) is 16.2. The van der Waals surface area contributed by atoms with E-state index in [-0.39, 0.29) is 18.0 Å². The maximum atomic E-state index is 12.7. The number of piperazine rings is 1. The van der Waals surface area contributed by atoms with E-state index in [1.807, 2.05) is 31.2 Å². The summed E-state index contributed by atoms with van der Waals surface area (Å²) in [6.07, 6.45) is 0. The van der Waals surface area contributed by atoms with Crippen LogP contribution >= 0.6 is 0 Å². The fourth-order valence-corrected chi connectivity index (χ4v) is 4.10. The number of benzene rings is 2. The molecule has 33 heavy (non-hydrogen) atoms. The SMILES string of the molecule is Cc1ccc(CNC(=O)C(C)N2CCN(C(C)c3nc(-c4ccc(C)cc4)no3)CC2)cc1. The Morgan fingerprint density at radius 2 is 1.52 bits per heavy atom. The predicted octanol–water partition coefficient (Wildman–Crippen LogP) is 3.74. The molecule has 2 aromatic carbocycles. The first kappa shape index (κ1) is 23.1. The van der Waals surface area contributed by atoms with Crippen LogP contribution in [0, 0.1) is 13.8 Å². The van der Waals surface area contributed by atoms with E-state index in [1.165, 1.54) is 11.1 Å². The Kier molecular flexibility index (Phi) is 7.20. The van der Waals surface area contributed by atoms with Crippen molar-refractivity contribution in [2.45, 2.75) is 46.3 Å². The van der Waals surface area contributed by atoms with Gasteiger partial charge in [-0.1, -0.05) is 64.8 Å². The Bertz CT molecular complexity index is 1050. The molecule has 1 saturated heterocycles. The number of aromatic nitrogens is 2. The van der Waals surface area contributed by atoms with E-state index in [4.69, 9.17) is 4.52 Å². The number of carbonyl (C=O) groups is 1. The number of rotatable bonds is 7. The van der Waals surface area contributed by atoms with Crippen molar-refractivity contribution in [2.24, 2.45) is 0 Å². The van der Waals surface area contributed by atoms with Crippen molar-refractivity contribution in [3.8, 4) is 11.4 Å². The zero-order valence-electron chi connectivity index (χ0n) is 19.9. The van der Waals surface area contributed by atoms with Gasteiger partial charge in [0, 0.05) is 38.3 Å². The molecule has 7 nitrogen and oxygen atoms in total. The lowest BCUT2D eigenvalue weighted by Gasteiger charge is -2.39. The molecule has 1 aliphatic rings. The molecule has 1 aromatic heterocycles. The molecule has 4 rings (SSSR count). The van der Waals surface area contributed by atoms with Gasteiger partial charge in [0.05, 0.1) is 12.1 Å². The molecule has 1 amide bonds. The lowest BCUT2D eigenvalue weighted by molar-refractivity contribution is -0.126. The largest absolute Gasteiger partial charge is 0.351 e. The number of aryl methyl sites for hydroxylation is 2. The smallest absolute Gasteiger partial charge is 0.244 e. The number of hydrogen-bond acceptors (Lipinski definition) is 6. The Balaban J connectivity index is 1.27. The second kappa shape index (κ2) is 10.3. The first-order valence-electron chi connectivity index (χ1n) is 11.6. The summed E-state index contributed by atoms with van der Waals surface area (Å²) in [4.78, 5) is 21.9. The second-order valence-electron chi connectivity index (χ2n) is 8.95. The molecule has 2 atom stereocenters. The van der Waals surface area contributed by atoms with Gasteiger partial charge in [0.2, 0.25) is 17.6 Å². The highest BCUT2D eigenvalue weighted by Gasteiger charge is 2.29. The van der Waals surface area contributed by atoms with E-state index in [0.717, 1.165) is 37.3 Å². The van der Waals surface area contributed by atoms with Gasteiger partial charge >= 0.3 is 0 Å². The average Bonchev–Trinajstić information content (AvgIpc) is 3.33. The minimum atomic E-state index is -0.163. The molecule has 0 spiro atoms. The van der Waals surface area contributed by atoms with Gasteiger partial charge in [-0.25, -0.2) is 0 Å². The Morgan fingerprint density at radius 1 is 0.939 bits per heavy atom. The summed E-state index contributed by atoms with van der Waals surface area (Å²) in [5, 5.41) is 7.24. The zero-order valence-corrected chi connectivity index (χ0v) is 19.9. The fourth-order valence-electron chi connectivity index (χ4n) is 4.10. The topological polar surface area (TPSA) is 74.5 Å². The van der Waals surface area contributed by atoms with Gasteiger partial charge in [-0.2, -0.15) is 4.98 Å². The van der Waals surface area contributed by atoms with Gasteiger partial charge in [0.25, 0.3) is 0 Å². The summed E-state index contributed by atoms with van der Waals surface area (Å²) in [7, 11) is 0. The van der Waals surface area contributed by atoms with Crippen LogP contribution < -0.4 is 5.32 Å². The van der Waals surface area contributed by atoms with Crippen LogP contribution in [-0.2, 0) is 11.3 Å². The van der Waals surface area contributed by atoms with Gasteiger partial charge in [-0.05, 0) is 33.3 Å². The maximum Gasteiger partial charge on any atom is 0.244 e. The van der Waals surface area contributed by atoms with Crippen LogP contribution in [0.3, 0.4) is 0 Å². The quantitative estimate of drug-likeness (QED) is 0.595. The standard InChI is InChI=1S/C26H33N5O2/c1-18-5-9-22(10-6-18)17-27-25(32)20(3)30-13-15-31(16-14-30)21(4)26-28-24(29-33-26)23-11-7-19(2)8-12-23/h5-12,20-21H,13-17H2,1-4H3,(H,27,32). The van der Waals surface area contributed by atoms with Crippen molar-refractivity contribution in [2.75, 3.05) is 26.2 Å². The molecule has 1 fully saturated rings. The first-order chi connectivity index (χ1) is 15.9. The van der Waals surface area contributed by atoms with Crippen LogP contribution in [0.4, 0.5) is 0 Å². The number of amides is 1. The Morgan fingerprint density at radius 3 is 2.15 bits per heavy atom. The van der Waals surface area contributed by atoms with Crippen molar-refractivity contribution in [3.63, 3.8) is 0 Å². The fraction of sp³-hybridized carbons (Fsp3) is 0.423. The monoisotopic (exact) mass is 447 g/mol. The van der Waals surface area contributed by atoms with E-state index in [2.05, 4.69) is 70.3 Å². The van der Waals surface area contributed by atoms with Gasteiger partial charge in [-0.3, -0.25) is 14.6 Å². The molecule has 2 heterocycles. The van der Waals surface area contributed by atoms with Crippen molar-refractivity contribution in [1.82, 2.24) is 25.3 Å². The molecule has 0 bridgehead atoms. The third kappa shape index (κ3) is 5.67. The molecular formula is C26H33N5O2. The van der Waals surface area contributed by atoms with Crippen LogP contribution in [0.15, 0.2) is 53.1 Å². The number of carbonyl (C=O) groups excluding carboxylic acids is 1.